The van der Waals surface area contributed by atoms with E-state index in [1.54, 1.807) is 14.2 Å². The first kappa shape index (κ1) is 20.8. The summed E-state index contributed by atoms with van der Waals surface area (Å²) in [5.74, 6) is 1.66. The van der Waals surface area contributed by atoms with Crippen LogP contribution in [-0.4, -0.2) is 38.1 Å². The number of hydrogen-bond donors (Lipinski definition) is 2. The van der Waals surface area contributed by atoms with E-state index >= 15 is 0 Å². The predicted molar refractivity (Wildman–Crippen MR) is 113 cm³/mol. The maximum Gasteiger partial charge on any atom is 0.191 e. The zero-order chi connectivity index (χ0) is 19.5. The maximum atomic E-state index is 5.19. The van der Waals surface area contributed by atoms with Gasteiger partial charge in [0.05, 0.1) is 7.11 Å². The van der Waals surface area contributed by atoms with Crippen LogP contribution in [0.5, 0.6) is 5.75 Å². The van der Waals surface area contributed by atoms with Crippen LogP contribution in [0.1, 0.15) is 30.5 Å². The summed E-state index contributed by atoms with van der Waals surface area (Å²) in [5, 5.41) is 6.74. The van der Waals surface area contributed by atoms with E-state index in [4.69, 9.17) is 4.74 Å². The largest absolute Gasteiger partial charge is 0.497 e. The summed E-state index contributed by atoms with van der Waals surface area (Å²) in [6.45, 7) is 8.99. The quantitative estimate of drug-likeness (QED) is 0.526. The molecule has 2 N–H and O–H groups in total. The Labute approximate surface area is 163 Å². The van der Waals surface area contributed by atoms with Crippen molar-refractivity contribution in [2.75, 3.05) is 27.2 Å². The third-order valence-electron chi connectivity index (χ3n) is 4.59. The molecule has 0 saturated heterocycles. The number of nitrogens with one attached hydrogen (secondary N) is 2. The molecule has 0 bridgehead atoms. The molecule has 0 aromatic heterocycles. The Bertz CT molecular complexity index is 709. The molecule has 2 aromatic carbocycles. The Morgan fingerprint density at radius 1 is 0.926 bits per heavy atom. The molecule has 5 heteroatoms. The van der Waals surface area contributed by atoms with Gasteiger partial charge in [0.2, 0.25) is 0 Å². The van der Waals surface area contributed by atoms with Gasteiger partial charge < -0.3 is 15.4 Å². The molecule has 0 radical (unpaired) electrons. The third-order valence-corrected chi connectivity index (χ3v) is 4.59. The van der Waals surface area contributed by atoms with E-state index in [1.807, 2.05) is 12.1 Å². The molecule has 27 heavy (non-hydrogen) atoms. The van der Waals surface area contributed by atoms with Gasteiger partial charge in [-0.1, -0.05) is 50.2 Å². The van der Waals surface area contributed by atoms with E-state index in [0.717, 1.165) is 37.9 Å². The van der Waals surface area contributed by atoms with Gasteiger partial charge in [-0.05, 0) is 41.9 Å². The minimum Gasteiger partial charge on any atom is -0.497 e. The second-order valence-corrected chi connectivity index (χ2v) is 6.41. The second kappa shape index (κ2) is 11.2. The standard InChI is InChI=1S/C22H32N4O/c1-5-26(6-2)17-20-9-7-8-19(14-20)16-25-22(23-3)24-15-18-10-12-21(27-4)13-11-18/h7-14H,5-6,15-17H2,1-4H3,(H2,23,24,25). The molecule has 5 nitrogen and oxygen atoms in total. The molecule has 0 spiro atoms. The molecule has 0 heterocycles. The van der Waals surface area contributed by atoms with Crippen molar-refractivity contribution in [3.63, 3.8) is 0 Å². The highest BCUT2D eigenvalue weighted by atomic mass is 16.5. The highest BCUT2D eigenvalue weighted by Crippen LogP contribution is 2.11. The average molecular weight is 369 g/mol. The topological polar surface area (TPSA) is 48.9 Å². The number of ether oxygens (including phenoxy) is 1. The smallest absolute Gasteiger partial charge is 0.191 e. The van der Waals surface area contributed by atoms with E-state index in [-0.39, 0.29) is 0 Å². The van der Waals surface area contributed by atoms with Gasteiger partial charge in [0.15, 0.2) is 5.96 Å². The maximum absolute atomic E-state index is 5.19. The molecule has 0 fully saturated rings. The van der Waals surface area contributed by atoms with Crippen LogP contribution in [0, 0.1) is 0 Å². The molecular weight excluding hydrogens is 336 g/mol. The van der Waals surface area contributed by atoms with Crippen molar-refractivity contribution in [3.05, 3.63) is 65.2 Å². The zero-order valence-electron chi connectivity index (χ0n) is 17.0. The van der Waals surface area contributed by atoms with Gasteiger partial charge in [-0.25, -0.2) is 0 Å². The second-order valence-electron chi connectivity index (χ2n) is 6.41. The SMILES string of the molecule is CCN(CC)Cc1cccc(CNC(=NC)NCc2ccc(OC)cc2)c1. The summed E-state index contributed by atoms with van der Waals surface area (Å²) in [5.41, 5.74) is 3.78. The minimum absolute atomic E-state index is 0.714. The van der Waals surface area contributed by atoms with E-state index in [1.165, 1.54) is 16.7 Å². The number of benzene rings is 2. The molecule has 0 unspecified atom stereocenters. The van der Waals surface area contributed by atoms with Crippen molar-refractivity contribution >= 4 is 5.96 Å². The molecule has 0 aliphatic heterocycles. The monoisotopic (exact) mass is 368 g/mol. The van der Waals surface area contributed by atoms with Crippen LogP contribution >= 0.6 is 0 Å². The molecule has 2 aromatic rings. The number of nitrogens with zero attached hydrogens (tertiary/aromatic N) is 2. The lowest BCUT2D eigenvalue weighted by Crippen LogP contribution is -2.36. The van der Waals surface area contributed by atoms with E-state index in [0.29, 0.717) is 6.54 Å². The number of hydrogen-bond acceptors (Lipinski definition) is 3. The highest BCUT2D eigenvalue weighted by molar-refractivity contribution is 5.79. The first-order valence-corrected chi connectivity index (χ1v) is 9.56. The number of aliphatic imine (C=N–C) groups is 1. The molecule has 146 valence electrons. The van der Waals surface area contributed by atoms with Crippen molar-refractivity contribution in [1.82, 2.24) is 15.5 Å². The van der Waals surface area contributed by atoms with Crippen LogP contribution in [0.25, 0.3) is 0 Å². The van der Waals surface area contributed by atoms with Crippen molar-refractivity contribution < 1.29 is 4.74 Å². The van der Waals surface area contributed by atoms with Crippen molar-refractivity contribution in [3.8, 4) is 5.75 Å². The van der Waals surface area contributed by atoms with E-state index < -0.39 is 0 Å². The molecular formula is C22H32N4O. The molecule has 0 atom stereocenters. The van der Waals surface area contributed by atoms with Crippen LogP contribution in [0.15, 0.2) is 53.5 Å². The van der Waals surface area contributed by atoms with Gasteiger partial charge in [0, 0.05) is 26.7 Å². The normalized spacial score (nSPS) is 11.5. The first-order valence-electron chi connectivity index (χ1n) is 9.56. The fourth-order valence-corrected chi connectivity index (χ4v) is 2.88. The Morgan fingerprint density at radius 3 is 2.15 bits per heavy atom. The Morgan fingerprint density at radius 2 is 1.56 bits per heavy atom. The predicted octanol–water partition coefficient (Wildman–Crippen LogP) is 3.40. The lowest BCUT2D eigenvalue weighted by atomic mass is 10.1. The minimum atomic E-state index is 0.714. The van der Waals surface area contributed by atoms with Crippen LogP contribution in [0.4, 0.5) is 0 Å². The van der Waals surface area contributed by atoms with Gasteiger partial charge in [0.25, 0.3) is 0 Å². The zero-order valence-corrected chi connectivity index (χ0v) is 17.0. The Hall–Kier alpha value is -2.53. The number of guanidine groups is 1. The van der Waals surface area contributed by atoms with E-state index in [2.05, 4.69) is 70.8 Å². The average Bonchev–Trinajstić information content (AvgIpc) is 2.72. The third kappa shape index (κ3) is 6.94. The highest BCUT2D eigenvalue weighted by Gasteiger charge is 2.03. The Kier molecular flexibility index (Phi) is 8.65. The van der Waals surface area contributed by atoms with Gasteiger partial charge in [-0.15, -0.1) is 0 Å². The van der Waals surface area contributed by atoms with Crippen molar-refractivity contribution in [1.29, 1.82) is 0 Å². The summed E-state index contributed by atoms with van der Waals surface area (Å²) in [6.07, 6.45) is 0. The molecule has 0 saturated carbocycles. The summed E-state index contributed by atoms with van der Waals surface area (Å²) >= 11 is 0. The molecule has 0 amide bonds. The van der Waals surface area contributed by atoms with E-state index in [9.17, 15) is 0 Å². The van der Waals surface area contributed by atoms with Crippen molar-refractivity contribution in [2.45, 2.75) is 33.5 Å². The molecule has 0 aliphatic rings. The van der Waals surface area contributed by atoms with Crippen LogP contribution in [0.3, 0.4) is 0 Å². The van der Waals surface area contributed by atoms with Crippen molar-refractivity contribution in [2.24, 2.45) is 4.99 Å². The number of rotatable bonds is 9. The summed E-state index contributed by atoms with van der Waals surface area (Å²) in [6, 6.07) is 16.8. The lowest BCUT2D eigenvalue weighted by molar-refractivity contribution is 0.296. The Balaban J connectivity index is 1.86. The molecule has 2 rings (SSSR count). The molecule has 0 aliphatic carbocycles. The lowest BCUT2D eigenvalue weighted by Gasteiger charge is -2.18. The van der Waals surface area contributed by atoms with Crippen LogP contribution in [-0.2, 0) is 19.6 Å². The van der Waals surface area contributed by atoms with Gasteiger partial charge >= 0.3 is 0 Å². The summed E-state index contributed by atoms with van der Waals surface area (Å²) < 4.78 is 5.19. The fraction of sp³-hybridized carbons (Fsp3) is 0.409. The van der Waals surface area contributed by atoms with Gasteiger partial charge in [-0.2, -0.15) is 0 Å². The summed E-state index contributed by atoms with van der Waals surface area (Å²) in [7, 11) is 3.47. The van der Waals surface area contributed by atoms with Gasteiger partial charge in [-0.3, -0.25) is 9.89 Å². The van der Waals surface area contributed by atoms with Crippen LogP contribution < -0.4 is 15.4 Å². The fourth-order valence-electron chi connectivity index (χ4n) is 2.88. The number of methoxy groups -OCH3 is 1. The van der Waals surface area contributed by atoms with Crippen LogP contribution in [0.2, 0.25) is 0 Å². The summed E-state index contributed by atoms with van der Waals surface area (Å²) in [4.78, 5) is 6.73. The first-order chi connectivity index (χ1) is 13.2. The van der Waals surface area contributed by atoms with Gasteiger partial charge in [0.1, 0.15) is 5.75 Å².